The van der Waals surface area contributed by atoms with E-state index < -0.39 is 0 Å². The number of fused-ring (bicyclic) bond motifs is 1. The average Bonchev–Trinajstić information content (AvgIpc) is 3.54. The maximum Gasteiger partial charge on any atom is 0.258 e. The number of ether oxygens (including phenoxy) is 1. The minimum Gasteiger partial charge on any atom is -0.496 e. The SMILES string of the molecule is COc1ccc(-c2noc(-c3ccc(CC(=O)Nc4cc(C(C)(C)C)on4)cc3)n2)c2ccccc12. The second-order valence-corrected chi connectivity index (χ2v) is 9.53. The molecule has 1 N–H and O–H groups in total. The molecule has 2 aromatic heterocycles. The van der Waals surface area contributed by atoms with E-state index in [2.05, 4.69) is 20.6 Å². The van der Waals surface area contributed by atoms with E-state index >= 15 is 0 Å². The van der Waals surface area contributed by atoms with Crippen molar-refractivity contribution in [2.75, 3.05) is 12.4 Å². The van der Waals surface area contributed by atoms with Gasteiger partial charge in [-0.15, -0.1) is 0 Å². The van der Waals surface area contributed by atoms with Crippen LogP contribution >= 0.6 is 0 Å². The minimum absolute atomic E-state index is 0.178. The molecule has 3 aromatic carbocycles. The van der Waals surface area contributed by atoms with Gasteiger partial charge in [0.2, 0.25) is 11.7 Å². The highest BCUT2D eigenvalue weighted by atomic mass is 16.5. The number of hydrogen-bond donors (Lipinski definition) is 1. The van der Waals surface area contributed by atoms with Gasteiger partial charge < -0.3 is 19.1 Å². The number of hydrogen-bond acceptors (Lipinski definition) is 7. The molecule has 0 fully saturated rings. The standard InChI is InChI=1S/C28H26N4O4/c1-28(2,3)23-16-24(31-35-23)29-25(33)15-17-9-11-18(12-10-17)27-30-26(32-36-27)21-13-14-22(34-4)20-8-6-5-7-19(20)21/h5-14,16H,15H2,1-4H3,(H,29,31,33). The monoisotopic (exact) mass is 482 g/mol. The van der Waals surface area contributed by atoms with Crippen LogP contribution in [-0.4, -0.2) is 28.3 Å². The zero-order valence-corrected chi connectivity index (χ0v) is 20.5. The molecular formula is C28H26N4O4. The van der Waals surface area contributed by atoms with E-state index in [1.165, 1.54) is 0 Å². The van der Waals surface area contributed by atoms with Crippen molar-refractivity contribution in [3.8, 4) is 28.6 Å². The number of carbonyl (C=O) groups excluding carboxylic acids is 1. The van der Waals surface area contributed by atoms with Crippen LogP contribution in [0.1, 0.15) is 32.1 Å². The Morgan fingerprint density at radius 3 is 2.39 bits per heavy atom. The van der Waals surface area contributed by atoms with E-state index in [-0.39, 0.29) is 17.7 Å². The molecule has 0 aliphatic carbocycles. The van der Waals surface area contributed by atoms with E-state index in [0.717, 1.165) is 33.2 Å². The van der Waals surface area contributed by atoms with E-state index in [1.807, 2.05) is 81.4 Å². The van der Waals surface area contributed by atoms with Crippen LogP contribution in [0.15, 0.2) is 75.8 Å². The molecule has 0 atom stereocenters. The van der Waals surface area contributed by atoms with Crippen molar-refractivity contribution in [2.24, 2.45) is 0 Å². The summed E-state index contributed by atoms with van der Waals surface area (Å²) in [4.78, 5) is 17.1. The highest BCUT2D eigenvalue weighted by Gasteiger charge is 2.20. The van der Waals surface area contributed by atoms with Gasteiger partial charge in [-0.3, -0.25) is 4.79 Å². The number of anilines is 1. The third-order valence-electron chi connectivity index (χ3n) is 5.85. The lowest BCUT2D eigenvalue weighted by atomic mass is 9.93. The van der Waals surface area contributed by atoms with Crippen molar-refractivity contribution in [1.82, 2.24) is 15.3 Å². The fourth-order valence-electron chi connectivity index (χ4n) is 3.92. The molecule has 1 amide bonds. The first kappa shape index (κ1) is 23.3. The van der Waals surface area contributed by atoms with E-state index in [4.69, 9.17) is 13.8 Å². The molecule has 36 heavy (non-hydrogen) atoms. The minimum atomic E-state index is -0.180. The Hall–Kier alpha value is -4.46. The Morgan fingerprint density at radius 1 is 0.944 bits per heavy atom. The number of methoxy groups -OCH3 is 1. The number of nitrogens with zero attached hydrogens (tertiary/aromatic N) is 3. The van der Waals surface area contributed by atoms with Gasteiger partial charge in [0.05, 0.1) is 13.5 Å². The summed E-state index contributed by atoms with van der Waals surface area (Å²) < 4.78 is 16.3. The van der Waals surface area contributed by atoms with Crippen LogP contribution in [0, 0.1) is 0 Å². The smallest absolute Gasteiger partial charge is 0.258 e. The lowest BCUT2D eigenvalue weighted by Gasteiger charge is -2.12. The molecule has 182 valence electrons. The van der Waals surface area contributed by atoms with Gasteiger partial charge >= 0.3 is 0 Å². The first-order valence-electron chi connectivity index (χ1n) is 11.6. The Labute approximate surface area is 208 Å². The van der Waals surface area contributed by atoms with Gasteiger partial charge in [-0.25, -0.2) is 0 Å². The van der Waals surface area contributed by atoms with Crippen LogP contribution < -0.4 is 10.1 Å². The molecule has 8 heteroatoms. The third kappa shape index (κ3) is 4.70. The number of carbonyl (C=O) groups is 1. The van der Waals surface area contributed by atoms with E-state index in [9.17, 15) is 4.79 Å². The topological polar surface area (TPSA) is 103 Å². The molecule has 2 heterocycles. The summed E-state index contributed by atoms with van der Waals surface area (Å²) >= 11 is 0. The summed E-state index contributed by atoms with van der Waals surface area (Å²) in [6.45, 7) is 6.06. The number of benzene rings is 3. The summed E-state index contributed by atoms with van der Waals surface area (Å²) in [5, 5.41) is 12.9. The summed E-state index contributed by atoms with van der Waals surface area (Å²) in [6.07, 6.45) is 0.199. The van der Waals surface area contributed by atoms with Gasteiger partial charge in [0.1, 0.15) is 11.5 Å². The normalized spacial score (nSPS) is 11.6. The van der Waals surface area contributed by atoms with Crippen molar-refractivity contribution in [2.45, 2.75) is 32.6 Å². The lowest BCUT2D eigenvalue weighted by Crippen LogP contribution is -2.14. The molecule has 0 aliphatic rings. The van der Waals surface area contributed by atoms with Crippen molar-refractivity contribution < 1.29 is 18.6 Å². The Bertz CT molecular complexity index is 1530. The van der Waals surface area contributed by atoms with E-state index in [1.54, 1.807) is 13.2 Å². The number of rotatable bonds is 6. The predicted octanol–water partition coefficient (Wildman–Crippen LogP) is 6.03. The molecule has 0 spiro atoms. The molecule has 0 bridgehead atoms. The molecular weight excluding hydrogens is 456 g/mol. The zero-order chi connectivity index (χ0) is 25.3. The molecule has 0 saturated carbocycles. The second kappa shape index (κ2) is 9.30. The van der Waals surface area contributed by atoms with Gasteiger partial charge in [0.15, 0.2) is 5.82 Å². The van der Waals surface area contributed by atoms with Gasteiger partial charge in [0.25, 0.3) is 5.89 Å². The zero-order valence-electron chi connectivity index (χ0n) is 20.5. The van der Waals surface area contributed by atoms with Crippen molar-refractivity contribution in [3.05, 3.63) is 78.1 Å². The molecule has 0 radical (unpaired) electrons. The molecule has 0 aliphatic heterocycles. The largest absolute Gasteiger partial charge is 0.496 e. The number of aromatic nitrogens is 3. The molecule has 0 unspecified atom stereocenters. The summed E-state index contributed by atoms with van der Waals surface area (Å²) in [5.74, 6) is 2.63. The summed E-state index contributed by atoms with van der Waals surface area (Å²) in [5.41, 5.74) is 2.29. The van der Waals surface area contributed by atoms with Crippen molar-refractivity contribution >= 4 is 22.5 Å². The molecule has 8 nitrogen and oxygen atoms in total. The Balaban J connectivity index is 1.30. The highest BCUT2D eigenvalue weighted by Crippen LogP contribution is 2.34. The van der Waals surface area contributed by atoms with Crippen LogP contribution in [0.2, 0.25) is 0 Å². The predicted molar refractivity (Wildman–Crippen MR) is 137 cm³/mol. The third-order valence-corrected chi connectivity index (χ3v) is 5.85. The fraction of sp³-hybridized carbons (Fsp3) is 0.214. The molecule has 5 aromatic rings. The summed E-state index contributed by atoms with van der Waals surface area (Å²) in [6, 6.07) is 21.0. The summed E-state index contributed by atoms with van der Waals surface area (Å²) in [7, 11) is 1.65. The molecule has 5 rings (SSSR count). The first-order valence-corrected chi connectivity index (χ1v) is 11.6. The fourth-order valence-corrected chi connectivity index (χ4v) is 3.92. The highest BCUT2D eigenvalue weighted by molar-refractivity contribution is 5.99. The van der Waals surface area contributed by atoms with Crippen molar-refractivity contribution in [1.29, 1.82) is 0 Å². The van der Waals surface area contributed by atoms with Crippen LogP contribution in [0.4, 0.5) is 5.82 Å². The second-order valence-electron chi connectivity index (χ2n) is 9.53. The van der Waals surface area contributed by atoms with Gasteiger partial charge in [-0.05, 0) is 35.2 Å². The van der Waals surface area contributed by atoms with Crippen LogP contribution in [0.5, 0.6) is 5.75 Å². The van der Waals surface area contributed by atoms with Crippen LogP contribution in [0.3, 0.4) is 0 Å². The lowest BCUT2D eigenvalue weighted by molar-refractivity contribution is -0.115. The maximum absolute atomic E-state index is 12.5. The van der Waals surface area contributed by atoms with Crippen molar-refractivity contribution in [3.63, 3.8) is 0 Å². The van der Waals surface area contributed by atoms with Gasteiger partial charge in [0, 0.05) is 28.0 Å². The Morgan fingerprint density at radius 2 is 1.69 bits per heavy atom. The number of amides is 1. The van der Waals surface area contributed by atoms with E-state index in [0.29, 0.717) is 23.3 Å². The molecule has 0 saturated heterocycles. The van der Waals surface area contributed by atoms with Gasteiger partial charge in [-0.2, -0.15) is 4.98 Å². The maximum atomic E-state index is 12.5. The first-order chi connectivity index (χ1) is 17.3. The quantitative estimate of drug-likeness (QED) is 0.315. The van der Waals surface area contributed by atoms with Crippen LogP contribution in [0.25, 0.3) is 33.6 Å². The average molecular weight is 483 g/mol. The Kier molecular flexibility index (Phi) is 6.01. The van der Waals surface area contributed by atoms with Crippen LogP contribution in [-0.2, 0) is 16.6 Å². The van der Waals surface area contributed by atoms with Gasteiger partial charge in [-0.1, -0.05) is 67.5 Å². The number of nitrogens with one attached hydrogen (secondary N) is 1.